The summed E-state index contributed by atoms with van der Waals surface area (Å²) < 4.78 is 4.06. The Hall–Kier alpha value is -2.60. The van der Waals surface area contributed by atoms with Crippen molar-refractivity contribution in [2.45, 2.75) is 6.92 Å². The van der Waals surface area contributed by atoms with E-state index in [-0.39, 0.29) is 5.91 Å². The molecule has 1 aliphatic rings. The van der Waals surface area contributed by atoms with Crippen LogP contribution in [0.2, 0.25) is 0 Å². The van der Waals surface area contributed by atoms with Crippen molar-refractivity contribution >= 4 is 11.4 Å². The first-order valence-electron chi connectivity index (χ1n) is 8.63. The van der Waals surface area contributed by atoms with Gasteiger partial charge in [0.2, 0.25) is 0 Å². The summed E-state index contributed by atoms with van der Waals surface area (Å²) in [6.45, 7) is 5.37. The molecule has 0 spiro atoms. The lowest BCUT2D eigenvalue weighted by Gasteiger charge is -2.32. The van der Waals surface area contributed by atoms with E-state index in [2.05, 4.69) is 21.3 Å². The number of hydrogen-bond donors (Lipinski definition) is 0. The van der Waals surface area contributed by atoms with E-state index in [1.54, 1.807) is 0 Å². The Labute approximate surface area is 147 Å². The van der Waals surface area contributed by atoms with Crippen LogP contribution in [0.1, 0.15) is 16.2 Å². The van der Waals surface area contributed by atoms with Gasteiger partial charge < -0.3 is 18.8 Å². The third kappa shape index (κ3) is 2.72. The number of rotatable bonds is 2. The Kier molecular flexibility index (Phi) is 3.84. The SMILES string of the molecule is Cc1nc(-c2cc(C(=O)N3CCN(C)CC3)c3ccccn23)cn1C. The number of aryl methyl sites for hydroxylation is 2. The fourth-order valence-electron chi connectivity index (χ4n) is 3.38. The largest absolute Gasteiger partial charge is 0.338 e. The molecule has 1 fully saturated rings. The molecule has 4 rings (SSSR count). The summed E-state index contributed by atoms with van der Waals surface area (Å²) in [6.07, 6.45) is 4.00. The zero-order chi connectivity index (χ0) is 17.6. The molecule has 1 aliphatic heterocycles. The van der Waals surface area contributed by atoms with Crippen LogP contribution in [0.5, 0.6) is 0 Å². The van der Waals surface area contributed by atoms with E-state index in [1.807, 2.05) is 60.1 Å². The molecule has 0 saturated carbocycles. The van der Waals surface area contributed by atoms with Gasteiger partial charge in [-0.3, -0.25) is 4.79 Å². The number of imidazole rings is 1. The minimum atomic E-state index is 0.107. The van der Waals surface area contributed by atoms with Crippen LogP contribution in [0, 0.1) is 6.92 Å². The summed E-state index contributed by atoms with van der Waals surface area (Å²) in [4.78, 5) is 21.9. The van der Waals surface area contributed by atoms with Crippen molar-refractivity contribution in [3.63, 3.8) is 0 Å². The average Bonchev–Trinajstić information content (AvgIpc) is 3.16. The van der Waals surface area contributed by atoms with E-state index in [0.29, 0.717) is 0 Å². The fraction of sp³-hybridized carbons (Fsp3) is 0.368. The van der Waals surface area contributed by atoms with Gasteiger partial charge in [0.25, 0.3) is 5.91 Å². The molecule has 0 atom stereocenters. The maximum atomic E-state index is 13.1. The van der Waals surface area contributed by atoms with Crippen LogP contribution in [0.3, 0.4) is 0 Å². The molecule has 0 N–H and O–H groups in total. The van der Waals surface area contributed by atoms with Crippen LogP contribution in [-0.2, 0) is 7.05 Å². The lowest BCUT2D eigenvalue weighted by molar-refractivity contribution is 0.0666. The second kappa shape index (κ2) is 6.04. The quantitative estimate of drug-likeness (QED) is 0.719. The molecule has 3 aromatic rings. The maximum Gasteiger partial charge on any atom is 0.256 e. The first-order chi connectivity index (χ1) is 12.0. The third-order valence-electron chi connectivity index (χ3n) is 5.07. The van der Waals surface area contributed by atoms with Crippen LogP contribution in [-0.4, -0.2) is 62.9 Å². The van der Waals surface area contributed by atoms with Crippen LogP contribution in [0.4, 0.5) is 0 Å². The van der Waals surface area contributed by atoms with E-state index in [1.165, 1.54) is 0 Å². The second-order valence-corrected chi connectivity index (χ2v) is 6.78. The molecule has 25 heavy (non-hydrogen) atoms. The lowest BCUT2D eigenvalue weighted by atomic mass is 10.2. The Balaban J connectivity index is 1.78. The number of aromatic nitrogens is 3. The van der Waals surface area contributed by atoms with Crippen molar-refractivity contribution in [2.24, 2.45) is 7.05 Å². The smallest absolute Gasteiger partial charge is 0.256 e. The number of carbonyl (C=O) groups is 1. The molecule has 6 heteroatoms. The molecule has 3 aromatic heterocycles. The monoisotopic (exact) mass is 337 g/mol. The third-order valence-corrected chi connectivity index (χ3v) is 5.07. The summed E-state index contributed by atoms with van der Waals surface area (Å²) in [5.41, 5.74) is 3.53. The number of piperazine rings is 1. The number of likely N-dealkylation sites (N-methyl/N-ethyl adjacent to an activating group) is 1. The van der Waals surface area contributed by atoms with Gasteiger partial charge in [-0.05, 0) is 32.2 Å². The zero-order valence-corrected chi connectivity index (χ0v) is 14.9. The van der Waals surface area contributed by atoms with Gasteiger partial charge in [-0.25, -0.2) is 4.98 Å². The van der Waals surface area contributed by atoms with Gasteiger partial charge in [0.1, 0.15) is 11.5 Å². The lowest BCUT2D eigenvalue weighted by Crippen LogP contribution is -2.47. The number of amides is 1. The molecular formula is C19H23N5O. The summed E-state index contributed by atoms with van der Waals surface area (Å²) in [5.74, 6) is 1.06. The minimum absolute atomic E-state index is 0.107. The van der Waals surface area contributed by atoms with E-state index in [0.717, 1.165) is 54.5 Å². The minimum Gasteiger partial charge on any atom is -0.338 e. The van der Waals surface area contributed by atoms with E-state index >= 15 is 0 Å². The normalized spacial score (nSPS) is 15.9. The highest BCUT2D eigenvalue weighted by molar-refractivity contribution is 6.02. The first-order valence-corrected chi connectivity index (χ1v) is 8.63. The molecule has 1 saturated heterocycles. The molecule has 6 nitrogen and oxygen atoms in total. The standard InChI is InChI=1S/C19H23N5O/c1-14-20-16(13-22(14)3)18-12-15(17-6-4-5-7-24(17)18)19(25)23-10-8-21(2)9-11-23/h4-7,12-13H,8-11H2,1-3H3. The second-order valence-electron chi connectivity index (χ2n) is 6.78. The van der Waals surface area contributed by atoms with E-state index in [9.17, 15) is 4.79 Å². The van der Waals surface area contributed by atoms with Gasteiger partial charge >= 0.3 is 0 Å². The number of carbonyl (C=O) groups excluding carboxylic acids is 1. The summed E-state index contributed by atoms with van der Waals surface area (Å²) in [6, 6.07) is 7.94. The van der Waals surface area contributed by atoms with Crippen molar-refractivity contribution in [1.29, 1.82) is 0 Å². The Morgan fingerprint density at radius 2 is 1.88 bits per heavy atom. The van der Waals surface area contributed by atoms with Crippen molar-refractivity contribution < 1.29 is 4.79 Å². The Morgan fingerprint density at radius 1 is 1.12 bits per heavy atom. The van der Waals surface area contributed by atoms with Crippen LogP contribution in [0.15, 0.2) is 36.7 Å². The van der Waals surface area contributed by atoms with Crippen molar-refractivity contribution in [3.05, 3.63) is 48.0 Å². The molecular weight excluding hydrogens is 314 g/mol. The van der Waals surface area contributed by atoms with Crippen molar-refractivity contribution in [2.75, 3.05) is 33.2 Å². The van der Waals surface area contributed by atoms with Gasteiger partial charge in [0, 0.05) is 45.6 Å². The average molecular weight is 337 g/mol. The predicted molar refractivity (Wildman–Crippen MR) is 97.7 cm³/mol. The van der Waals surface area contributed by atoms with Crippen LogP contribution in [0.25, 0.3) is 16.9 Å². The number of hydrogen-bond acceptors (Lipinski definition) is 3. The molecule has 0 radical (unpaired) electrons. The van der Waals surface area contributed by atoms with Gasteiger partial charge in [0.05, 0.1) is 16.8 Å². The van der Waals surface area contributed by atoms with E-state index < -0.39 is 0 Å². The maximum absolute atomic E-state index is 13.1. The Bertz CT molecular complexity index is 911. The highest BCUT2D eigenvalue weighted by Crippen LogP contribution is 2.27. The molecule has 0 aliphatic carbocycles. The van der Waals surface area contributed by atoms with E-state index in [4.69, 9.17) is 0 Å². The topological polar surface area (TPSA) is 45.8 Å². The predicted octanol–water partition coefficient (Wildman–Crippen LogP) is 2.04. The first kappa shape index (κ1) is 15.9. The van der Waals surface area contributed by atoms with Gasteiger partial charge in [-0.2, -0.15) is 0 Å². The van der Waals surface area contributed by atoms with Crippen molar-refractivity contribution in [1.82, 2.24) is 23.8 Å². The molecule has 0 bridgehead atoms. The van der Waals surface area contributed by atoms with Crippen LogP contribution >= 0.6 is 0 Å². The molecule has 130 valence electrons. The van der Waals surface area contributed by atoms with Gasteiger partial charge in [-0.15, -0.1) is 0 Å². The van der Waals surface area contributed by atoms with Crippen molar-refractivity contribution in [3.8, 4) is 11.4 Å². The molecule has 4 heterocycles. The Morgan fingerprint density at radius 3 is 2.56 bits per heavy atom. The highest BCUT2D eigenvalue weighted by Gasteiger charge is 2.24. The van der Waals surface area contributed by atoms with Crippen LogP contribution < -0.4 is 0 Å². The molecule has 0 unspecified atom stereocenters. The number of pyridine rings is 1. The summed E-state index contributed by atoms with van der Waals surface area (Å²) in [5, 5.41) is 0. The number of fused-ring (bicyclic) bond motifs is 1. The molecule has 1 amide bonds. The van der Waals surface area contributed by atoms with Gasteiger partial charge in [0.15, 0.2) is 0 Å². The summed E-state index contributed by atoms with van der Waals surface area (Å²) >= 11 is 0. The molecule has 0 aromatic carbocycles. The highest BCUT2D eigenvalue weighted by atomic mass is 16.2. The number of nitrogens with zero attached hydrogens (tertiary/aromatic N) is 5. The zero-order valence-electron chi connectivity index (χ0n) is 14.9. The summed E-state index contributed by atoms with van der Waals surface area (Å²) in [7, 11) is 4.08. The fourth-order valence-corrected chi connectivity index (χ4v) is 3.38. The van der Waals surface area contributed by atoms with Gasteiger partial charge in [-0.1, -0.05) is 6.07 Å².